The van der Waals surface area contributed by atoms with E-state index >= 15 is 0 Å². The van der Waals surface area contributed by atoms with E-state index in [0.717, 1.165) is 28.0 Å². The van der Waals surface area contributed by atoms with Crippen molar-refractivity contribution in [1.29, 1.82) is 5.26 Å². The molecule has 0 spiro atoms. The molecule has 1 N–H and O–H groups in total. The third kappa shape index (κ3) is 2.75. The highest BCUT2D eigenvalue weighted by Gasteiger charge is 2.14. The average molecular weight is 289 g/mol. The van der Waals surface area contributed by atoms with Crippen LogP contribution in [0.4, 0.5) is 0 Å². The van der Waals surface area contributed by atoms with Crippen LogP contribution in [0.1, 0.15) is 29.5 Å². The lowest BCUT2D eigenvalue weighted by Gasteiger charge is -2.14. The van der Waals surface area contributed by atoms with Gasteiger partial charge in [0.05, 0.1) is 17.3 Å². The highest BCUT2D eigenvalue weighted by atomic mass is 16.2. The maximum Gasteiger partial charge on any atom is 0.240 e. The number of hydrogen-bond acceptors (Lipinski definition) is 3. The molecule has 3 rings (SSSR count). The van der Waals surface area contributed by atoms with Crippen LogP contribution in [0.3, 0.4) is 0 Å². The van der Waals surface area contributed by atoms with Crippen molar-refractivity contribution in [2.24, 2.45) is 5.10 Å². The van der Waals surface area contributed by atoms with Gasteiger partial charge in [0, 0.05) is 12.8 Å². The largest absolute Gasteiger partial charge is 0.273 e. The van der Waals surface area contributed by atoms with Crippen LogP contribution in [0.2, 0.25) is 0 Å². The van der Waals surface area contributed by atoms with Crippen molar-refractivity contribution in [2.75, 3.05) is 0 Å². The molecule has 2 aromatic rings. The van der Waals surface area contributed by atoms with Crippen LogP contribution < -0.4 is 5.43 Å². The van der Waals surface area contributed by atoms with Crippen molar-refractivity contribution in [3.63, 3.8) is 0 Å². The Kier molecular flexibility index (Phi) is 3.71. The number of rotatable bonds is 2. The number of hydrazone groups is 1. The maximum absolute atomic E-state index is 11.2. The minimum Gasteiger partial charge on any atom is -0.273 e. The normalized spacial score (nSPS) is 14.0. The minimum atomic E-state index is -0.0327. The monoisotopic (exact) mass is 289 g/mol. The molecule has 0 bridgehead atoms. The van der Waals surface area contributed by atoms with Gasteiger partial charge in [-0.15, -0.1) is 0 Å². The van der Waals surface area contributed by atoms with Crippen LogP contribution in [0.5, 0.6) is 0 Å². The van der Waals surface area contributed by atoms with Crippen molar-refractivity contribution in [3.05, 3.63) is 59.2 Å². The third-order valence-electron chi connectivity index (χ3n) is 3.79. The molecule has 0 fully saturated rings. The summed E-state index contributed by atoms with van der Waals surface area (Å²) in [6.07, 6.45) is 1.15. The summed E-state index contributed by atoms with van der Waals surface area (Å²) < 4.78 is 0. The highest BCUT2D eigenvalue weighted by molar-refractivity contribution is 6.04. The van der Waals surface area contributed by atoms with Gasteiger partial charge >= 0.3 is 0 Å². The second-order valence-corrected chi connectivity index (χ2v) is 5.31. The van der Waals surface area contributed by atoms with E-state index in [1.807, 2.05) is 30.3 Å². The van der Waals surface area contributed by atoms with Gasteiger partial charge < -0.3 is 0 Å². The molecule has 1 amide bonds. The van der Waals surface area contributed by atoms with E-state index < -0.39 is 0 Å². The lowest BCUT2D eigenvalue weighted by Crippen LogP contribution is -2.25. The Balaban J connectivity index is 1.92. The SMILES string of the molecule is Cc1cc(C2=NNC(=O)CC2)ccc1-c1ccc(C#N)cc1. The summed E-state index contributed by atoms with van der Waals surface area (Å²) in [5.74, 6) is -0.0327. The topological polar surface area (TPSA) is 65.2 Å². The van der Waals surface area contributed by atoms with Crippen LogP contribution in [-0.2, 0) is 4.79 Å². The van der Waals surface area contributed by atoms with Gasteiger partial charge in [-0.3, -0.25) is 4.79 Å². The molecule has 0 atom stereocenters. The molecular weight excluding hydrogens is 274 g/mol. The Bertz CT molecular complexity index is 798. The molecule has 108 valence electrons. The van der Waals surface area contributed by atoms with E-state index in [9.17, 15) is 4.79 Å². The van der Waals surface area contributed by atoms with Gasteiger partial charge in [0.15, 0.2) is 0 Å². The Morgan fingerprint density at radius 3 is 2.41 bits per heavy atom. The zero-order chi connectivity index (χ0) is 15.5. The number of amides is 1. The number of hydrogen-bond donors (Lipinski definition) is 1. The first-order valence-electron chi connectivity index (χ1n) is 7.14. The van der Waals surface area contributed by atoms with Crippen LogP contribution in [0.15, 0.2) is 47.6 Å². The molecule has 0 saturated carbocycles. The molecule has 0 aliphatic carbocycles. The zero-order valence-electron chi connectivity index (χ0n) is 12.3. The lowest BCUT2D eigenvalue weighted by molar-refractivity contribution is -0.121. The Hall–Kier alpha value is -2.93. The van der Waals surface area contributed by atoms with Crippen LogP contribution >= 0.6 is 0 Å². The van der Waals surface area contributed by atoms with E-state index in [1.165, 1.54) is 0 Å². The summed E-state index contributed by atoms with van der Waals surface area (Å²) in [7, 11) is 0. The molecule has 0 aromatic heterocycles. The predicted molar refractivity (Wildman–Crippen MR) is 85.2 cm³/mol. The second kappa shape index (κ2) is 5.82. The maximum atomic E-state index is 11.2. The quantitative estimate of drug-likeness (QED) is 0.923. The molecule has 0 unspecified atom stereocenters. The van der Waals surface area contributed by atoms with E-state index in [4.69, 9.17) is 5.26 Å². The van der Waals surface area contributed by atoms with E-state index in [-0.39, 0.29) is 5.91 Å². The second-order valence-electron chi connectivity index (χ2n) is 5.31. The molecule has 4 heteroatoms. The summed E-state index contributed by atoms with van der Waals surface area (Å²) in [6.45, 7) is 2.05. The smallest absolute Gasteiger partial charge is 0.240 e. The summed E-state index contributed by atoms with van der Waals surface area (Å²) >= 11 is 0. The van der Waals surface area contributed by atoms with Gasteiger partial charge in [-0.05, 0) is 47.4 Å². The fourth-order valence-electron chi connectivity index (χ4n) is 2.57. The molecular formula is C18H15N3O. The first-order valence-corrected chi connectivity index (χ1v) is 7.14. The summed E-state index contributed by atoms with van der Waals surface area (Å²) in [5.41, 5.74) is 8.49. The first-order chi connectivity index (χ1) is 10.7. The van der Waals surface area contributed by atoms with Crippen molar-refractivity contribution in [3.8, 4) is 17.2 Å². The molecule has 0 saturated heterocycles. The molecule has 1 heterocycles. The predicted octanol–water partition coefficient (Wildman–Crippen LogP) is 3.15. The number of nitrogens with zero attached hydrogens (tertiary/aromatic N) is 2. The van der Waals surface area contributed by atoms with Gasteiger partial charge in [0.25, 0.3) is 0 Å². The van der Waals surface area contributed by atoms with E-state index in [0.29, 0.717) is 18.4 Å². The van der Waals surface area contributed by atoms with E-state index in [2.05, 4.69) is 35.7 Å². The molecule has 22 heavy (non-hydrogen) atoms. The standard InChI is InChI=1S/C18H15N3O/c1-12-10-15(17-8-9-18(22)21-20-17)6-7-16(12)14-4-2-13(11-19)3-5-14/h2-7,10H,8-9H2,1H3,(H,21,22). The summed E-state index contributed by atoms with van der Waals surface area (Å²) in [6, 6.07) is 15.9. The molecule has 1 aliphatic rings. The van der Waals surface area contributed by atoms with Crippen molar-refractivity contribution < 1.29 is 4.79 Å². The number of nitrogens with one attached hydrogen (secondary N) is 1. The molecule has 1 aliphatic heterocycles. The lowest BCUT2D eigenvalue weighted by atomic mass is 9.95. The van der Waals surface area contributed by atoms with Gasteiger partial charge in [-0.2, -0.15) is 10.4 Å². The third-order valence-corrected chi connectivity index (χ3v) is 3.79. The zero-order valence-corrected chi connectivity index (χ0v) is 12.3. The van der Waals surface area contributed by atoms with Gasteiger partial charge in [0.2, 0.25) is 5.91 Å². The summed E-state index contributed by atoms with van der Waals surface area (Å²) in [5, 5.41) is 13.0. The highest BCUT2D eigenvalue weighted by Crippen LogP contribution is 2.25. The number of carbonyl (C=O) groups is 1. The summed E-state index contributed by atoms with van der Waals surface area (Å²) in [4.78, 5) is 11.2. The molecule has 0 radical (unpaired) electrons. The van der Waals surface area contributed by atoms with E-state index in [1.54, 1.807) is 0 Å². The molecule has 4 nitrogen and oxygen atoms in total. The number of carbonyl (C=O) groups excluding carboxylic acids is 1. The molecule has 2 aromatic carbocycles. The van der Waals surface area contributed by atoms with Gasteiger partial charge in [-0.1, -0.05) is 24.3 Å². The Morgan fingerprint density at radius 1 is 1.09 bits per heavy atom. The first kappa shape index (κ1) is 14.0. The number of benzene rings is 2. The Labute approximate surface area is 129 Å². The van der Waals surface area contributed by atoms with Gasteiger partial charge in [0.1, 0.15) is 0 Å². The van der Waals surface area contributed by atoms with Crippen molar-refractivity contribution in [1.82, 2.24) is 5.43 Å². The van der Waals surface area contributed by atoms with Crippen molar-refractivity contribution in [2.45, 2.75) is 19.8 Å². The van der Waals surface area contributed by atoms with Crippen LogP contribution in [0.25, 0.3) is 11.1 Å². The fourth-order valence-corrected chi connectivity index (χ4v) is 2.57. The van der Waals surface area contributed by atoms with Crippen molar-refractivity contribution >= 4 is 11.6 Å². The number of aryl methyl sites for hydroxylation is 1. The fraction of sp³-hybridized carbons (Fsp3) is 0.167. The van der Waals surface area contributed by atoms with Crippen LogP contribution in [0, 0.1) is 18.3 Å². The average Bonchev–Trinajstić information content (AvgIpc) is 2.56. The van der Waals surface area contributed by atoms with Crippen LogP contribution in [-0.4, -0.2) is 11.6 Å². The van der Waals surface area contributed by atoms with Gasteiger partial charge in [-0.25, -0.2) is 5.43 Å². The Morgan fingerprint density at radius 2 is 1.82 bits per heavy atom. The number of nitriles is 1. The minimum absolute atomic E-state index is 0.0327.